The van der Waals surface area contributed by atoms with Gasteiger partial charge in [-0.1, -0.05) is 12.2 Å². The van der Waals surface area contributed by atoms with Crippen molar-refractivity contribution in [3.63, 3.8) is 0 Å². The van der Waals surface area contributed by atoms with Crippen molar-refractivity contribution in [1.82, 2.24) is 20.4 Å². The van der Waals surface area contributed by atoms with Crippen LogP contribution < -0.4 is 10.6 Å². The SMILES string of the molecule is O=C1CCN2CCC(=S)CCN(CC1)CNC(=S)NC2. The molecule has 3 aliphatic rings. The Morgan fingerprint density at radius 1 is 0.800 bits per heavy atom. The second kappa shape index (κ2) is 7.97. The molecule has 3 heterocycles. The van der Waals surface area contributed by atoms with Crippen LogP contribution in [0.15, 0.2) is 0 Å². The highest BCUT2D eigenvalue weighted by atomic mass is 32.1. The Morgan fingerprint density at radius 2 is 1.25 bits per heavy atom. The van der Waals surface area contributed by atoms with E-state index in [1.807, 2.05) is 0 Å². The van der Waals surface area contributed by atoms with Gasteiger partial charge in [-0.15, -0.1) is 0 Å². The summed E-state index contributed by atoms with van der Waals surface area (Å²) < 4.78 is 0. The first-order valence-electron chi connectivity index (χ1n) is 7.13. The third-order valence-electron chi connectivity index (χ3n) is 3.75. The number of hydrogen-bond donors (Lipinski definition) is 2. The Kier molecular flexibility index (Phi) is 6.28. The molecule has 2 bridgehead atoms. The number of hydrogen-bond acceptors (Lipinski definition) is 5. The van der Waals surface area contributed by atoms with Crippen LogP contribution in [0.1, 0.15) is 25.7 Å². The number of Topliss-reactive ketones (excluding diaryl/α,β-unsaturated/α-hetero) is 1. The molecule has 3 saturated heterocycles. The lowest BCUT2D eigenvalue weighted by Gasteiger charge is -2.29. The lowest BCUT2D eigenvalue weighted by Crippen LogP contribution is -2.48. The molecule has 7 heteroatoms. The van der Waals surface area contributed by atoms with Gasteiger partial charge in [-0.05, 0) is 29.9 Å². The molecule has 2 N–H and O–H groups in total. The van der Waals surface area contributed by atoms with Gasteiger partial charge in [-0.25, -0.2) is 0 Å². The number of carbonyl (C=O) groups excluding carboxylic acids is 1. The summed E-state index contributed by atoms with van der Waals surface area (Å²) in [6.45, 7) is 4.67. The van der Waals surface area contributed by atoms with Crippen LogP contribution >= 0.6 is 24.4 Å². The van der Waals surface area contributed by atoms with Crippen LogP contribution in [0.2, 0.25) is 0 Å². The van der Waals surface area contributed by atoms with Gasteiger partial charge >= 0.3 is 0 Å². The molecule has 0 aromatic heterocycles. The topological polar surface area (TPSA) is 47.6 Å². The molecule has 3 fully saturated rings. The molecule has 2 atom stereocenters. The van der Waals surface area contributed by atoms with E-state index in [0.717, 1.165) is 43.9 Å². The summed E-state index contributed by atoms with van der Waals surface area (Å²) in [6, 6.07) is 0. The number of fused-ring (bicyclic) bond motifs is 12. The first kappa shape index (κ1) is 15.8. The van der Waals surface area contributed by atoms with Gasteiger partial charge in [0.1, 0.15) is 5.78 Å². The van der Waals surface area contributed by atoms with Crippen molar-refractivity contribution in [2.45, 2.75) is 25.7 Å². The van der Waals surface area contributed by atoms with Gasteiger partial charge in [0.25, 0.3) is 0 Å². The number of thiocarbonyl (C=S) groups is 2. The third kappa shape index (κ3) is 5.40. The van der Waals surface area contributed by atoms with E-state index >= 15 is 0 Å². The number of nitrogens with zero attached hydrogens (tertiary/aromatic N) is 2. The largest absolute Gasteiger partial charge is 0.350 e. The summed E-state index contributed by atoms with van der Waals surface area (Å²) >= 11 is 10.7. The summed E-state index contributed by atoms with van der Waals surface area (Å²) in [7, 11) is 0. The lowest BCUT2D eigenvalue weighted by atomic mass is 10.1. The average Bonchev–Trinajstić information content (AvgIpc) is 2.42. The molecule has 0 radical (unpaired) electrons. The number of nitrogens with one attached hydrogen (secondary N) is 2. The minimum absolute atomic E-state index is 0.339. The molecule has 3 rings (SSSR count). The maximum absolute atomic E-state index is 11.9. The van der Waals surface area contributed by atoms with E-state index in [2.05, 4.69) is 20.4 Å². The molecule has 0 aromatic rings. The van der Waals surface area contributed by atoms with Crippen LogP contribution in [0.4, 0.5) is 0 Å². The molecular weight excluding hydrogens is 292 g/mol. The van der Waals surface area contributed by atoms with Crippen molar-refractivity contribution in [1.29, 1.82) is 0 Å². The zero-order chi connectivity index (χ0) is 14.4. The molecule has 20 heavy (non-hydrogen) atoms. The van der Waals surface area contributed by atoms with E-state index in [0.29, 0.717) is 37.1 Å². The molecule has 5 nitrogen and oxygen atoms in total. The smallest absolute Gasteiger partial charge is 0.168 e. The summed E-state index contributed by atoms with van der Waals surface area (Å²) in [4.78, 5) is 17.5. The van der Waals surface area contributed by atoms with Crippen LogP contribution in [0.25, 0.3) is 0 Å². The first-order chi connectivity index (χ1) is 9.63. The van der Waals surface area contributed by atoms with Crippen molar-refractivity contribution in [2.24, 2.45) is 0 Å². The summed E-state index contributed by atoms with van der Waals surface area (Å²) in [5.41, 5.74) is 0. The normalized spacial score (nSPS) is 30.1. The first-order valence-corrected chi connectivity index (χ1v) is 7.95. The van der Waals surface area contributed by atoms with E-state index in [9.17, 15) is 4.79 Å². The average molecular weight is 314 g/mol. The Bertz CT molecular complexity index is 302. The predicted molar refractivity (Wildman–Crippen MR) is 87.8 cm³/mol. The number of ketones is 1. The molecule has 112 valence electrons. The van der Waals surface area contributed by atoms with E-state index in [1.54, 1.807) is 0 Å². The monoisotopic (exact) mass is 314 g/mol. The molecule has 0 spiro atoms. The highest BCUT2D eigenvalue weighted by Gasteiger charge is 2.16. The second-order valence-electron chi connectivity index (χ2n) is 5.31. The van der Waals surface area contributed by atoms with Gasteiger partial charge in [0.15, 0.2) is 5.11 Å². The van der Waals surface area contributed by atoms with Gasteiger partial charge in [0, 0.05) is 39.0 Å². The van der Waals surface area contributed by atoms with Crippen LogP contribution in [-0.2, 0) is 4.79 Å². The maximum atomic E-state index is 11.9. The van der Waals surface area contributed by atoms with Crippen LogP contribution in [-0.4, -0.2) is 65.1 Å². The molecule has 3 aliphatic heterocycles. The Morgan fingerprint density at radius 3 is 1.75 bits per heavy atom. The highest BCUT2D eigenvalue weighted by molar-refractivity contribution is 7.80. The van der Waals surface area contributed by atoms with Gasteiger partial charge in [-0.3, -0.25) is 14.6 Å². The van der Waals surface area contributed by atoms with Crippen molar-refractivity contribution in [3.05, 3.63) is 0 Å². The maximum Gasteiger partial charge on any atom is 0.168 e. The van der Waals surface area contributed by atoms with Gasteiger partial charge < -0.3 is 10.6 Å². The van der Waals surface area contributed by atoms with E-state index in [-0.39, 0.29) is 0 Å². The van der Waals surface area contributed by atoms with Crippen molar-refractivity contribution in [2.75, 3.05) is 39.5 Å². The fourth-order valence-corrected chi connectivity index (χ4v) is 2.66. The predicted octanol–water partition coefficient (Wildman–Crippen LogP) is 0.496. The molecule has 0 amide bonds. The van der Waals surface area contributed by atoms with E-state index in [4.69, 9.17) is 24.4 Å². The molecule has 0 saturated carbocycles. The van der Waals surface area contributed by atoms with E-state index < -0.39 is 0 Å². The highest BCUT2D eigenvalue weighted by Crippen LogP contribution is 2.05. The zero-order valence-electron chi connectivity index (χ0n) is 11.7. The fourth-order valence-electron chi connectivity index (χ4n) is 2.35. The standard InChI is InChI=1S/C13H22N4OS2/c18-11-1-5-16-7-3-12(19)4-8-17(6-2-11)10-15-13(20)14-9-16/h1-10H2,(H2,14,15,20). The van der Waals surface area contributed by atoms with Crippen LogP contribution in [0, 0.1) is 0 Å². The molecule has 2 unspecified atom stereocenters. The van der Waals surface area contributed by atoms with Crippen molar-refractivity contribution < 1.29 is 4.79 Å². The van der Waals surface area contributed by atoms with Gasteiger partial charge in [-0.2, -0.15) is 0 Å². The zero-order valence-corrected chi connectivity index (χ0v) is 13.3. The minimum Gasteiger partial charge on any atom is -0.350 e. The molecular formula is C13H22N4OS2. The van der Waals surface area contributed by atoms with Crippen LogP contribution in [0.3, 0.4) is 0 Å². The minimum atomic E-state index is 0.339. The van der Waals surface area contributed by atoms with Crippen LogP contribution in [0.5, 0.6) is 0 Å². The quantitative estimate of drug-likeness (QED) is 0.631. The Labute approximate surface area is 131 Å². The molecule has 0 aliphatic carbocycles. The van der Waals surface area contributed by atoms with Crippen molar-refractivity contribution in [3.8, 4) is 0 Å². The fraction of sp³-hybridized carbons (Fsp3) is 0.769. The number of rotatable bonds is 0. The Balaban J connectivity index is 2.11. The third-order valence-corrected chi connectivity index (χ3v) is 4.45. The summed E-state index contributed by atoms with van der Waals surface area (Å²) in [5.74, 6) is 0.339. The van der Waals surface area contributed by atoms with E-state index in [1.165, 1.54) is 0 Å². The second-order valence-corrected chi connectivity index (χ2v) is 6.30. The van der Waals surface area contributed by atoms with Crippen molar-refractivity contribution >= 4 is 40.2 Å². The van der Waals surface area contributed by atoms with Gasteiger partial charge in [0.05, 0.1) is 13.3 Å². The molecule has 0 aromatic carbocycles. The lowest BCUT2D eigenvalue weighted by molar-refractivity contribution is -0.119. The summed E-state index contributed by atoms with van der Waals surface area (Å²) in [5, 5.41) is 7.07. The number of carbonyl (C=O) groups is 1. The summed E-state index contributed by atoms with van der Waals surface area (Å²) in [6.07, 6.45) is 3.06. The van der Waals surface area contributed by atoms with Gasteiger partial charge in [0.2, 0.25) is 0 Å². The Hall–Kier alpha value is -0.630.